The third-order valence-corrected chi connectivity index (χ3v) is 8.58. The summed E-state index contributed by atoms with van der Waals surface area (Å²) in [5, 5.41) is 9.59. The monoisotopic (exact) mass is 480 g/mol. The lowest BCUT2D eigenvalue weighted by Gasteiger charge is -2.59. The minimum absolute atomic E-state index is 0.0220. The Hall–Kier alpha value is -2.89. The van der Waals surface area contributed by atoms with Gasteiger partial charge in [-0.1, -0.05) is 31.7 Å². The van der Waals surface area contributed by atoms with Gasteiger partial charge in [-0.25, -0.2) is 4.79 Å². The number of methoxy groups -OCH3 is 2. The Labute approximate surface area is 207 Å². The summed E-state index contributed by atoms with van der Waals surface area (Å²) in [4.78, 5) is 11.7. The molecule has 1 aliphatic heterocycles. The molecule has 188 valence electrons. The van der Waals surface area contributed by atoms with Crippen molar-refractivity contribution in [1.29, 1.82) is 0 Å². The van der Waals surface area contributed by atoms with Gasteiger partial charge in [0.2, 0.25) is 0 Å². The Kier molecular flexibility index (Phi) is 6.32. The maximum Gasteiger partial charge on any atom is 0.344 e. The maximum absolute atomic E-state index is 11.7. The lowest BCUT2D eigenvalue weighted by molar-refractivity contribution is -0.144. The summed E-state index contributed by atoms with van der Waals surface area (Å²) in [7, 11) is 3.29. The Morgan fingerprint density at radius 3 is 2.29 bits per heavy atom. The summed E-state index contributed by atoms with van der Waals surface area (Å²) in [6.45, 7) is 1.56. The maximum atomic E-state index is 11.7. The second-order valence-electron chi connectivity index (χ2n) is 10.3. The Balaban J connectivity index is 1.72. The van der Waals surface area contributed by atoms with Gasteiger partial charge < -0.3 is 24.1 Å². The van der Waals surface area contributed by atoms with Gasteiger partial charge in [-0.2, -0.15) is 0 Å². The van der Waals surface area contributed by atoms with E-state index in [-0.39, 0.29) is 11.3 Å². The third-order valence-electron chi connectivity index (χ3n) is 8.58. The molecule has 3 atom stereocenters. The molecule has 1 N–H and O–H groups in total. The van der Waals surface area contributed by atoms with E-state index in [9.17, 15) is 9.90 Å². The van der Waals surface area contributed by atoms with Crippen LogP contribution in [0, 0.1) is 5.92 Å². The van der Waals surface area contributed by atoms with Gasteiger partial charge in [-0.15, -0.1) is 0 Å². The van der Waals surface area contributed by atoms with Crippen LogP contribution in [0.3, 0.4) is 0 Å². The van der Waals surface area contributed by atoms with Crippen molar-refractivity contribution in [2.75, 3.05) is 14.2 Å². The highest BCUT2D eigenvalue weighted by molar-refractivity contribution is 5.72. The van der Waals surface area contributed by atoms with Crippen LogP contribution >= 0.6 is 0 Å². The summed E-state index contributed by atoms with van der Waals surface area (Å²) < 4.78 is 24.2. The average Bonchev–Trinajstić information content (AvgIpc) is 2.88. The fourth-order valence-electron chi connectivity index (χ4n) is 6.99. The van der Waals surface area contributed by atoms with Crippen molar-refractivity contribution < 1.29 is 28.8 Å². The molecule has 6 nitrogen and oxygen atoms in total. The second-order valence-corrected chi connectivity index (χ2v) is 10.3. The number of carboxylic acids is 1. The molecule has 2 aromatic carbocycles. The molecule has 1 heterocycles. The van der Waals surface area contributed by atoms with Gasteiger partial charge in [0.1, 0.15) is 28.6 Å². The number of ether oxygens (including phenoxy) is 4. The van der Waals surface area contributed by atoms with Crippen molar-refractivity contribution in [1.82, 2.24) is 0 Å². The largest absolute Gasteiger partial charge is 0.497 e. The van der Waals surface area contributed by atoms with Crippen LogP contribution in [0.4, 0.5) is 0 Å². The van der Waals surface area contributed by atoms with E-state index in [1.165, 1.54) is 31.2 Å². The Morgan fingerprint density at radius 2 is 1.60 bits per heavy atom. The quantitative estimate of drug-likeness (QED) is 0.528. The number of carboxylic acid groups (broad SMARTS) is 1. The smallest absolute Gasteiger partial charge is 0.344 e. The van der Waals surface area contributed by atoms with Gasteiger partial charge in [-0.05, 0) is 57.2 Å². The third kappa shape index (κ3) is 3.91. The van der Waals surface area contributed by atoms with Crippen molar-refractivity contribution in [2.45, 2.75) is 81.8 Å². The number of rotatable bonds is 6. The first kappa shape index (κ1) is 23.8. The zero-order chi connectivity index (χ0) is 24.6. The summed E-state index contributed by atoms with van der Waals surface area (Å²) in [6.07, 6.45) is 9.12. The summed E-state index contributed by atoms with van der Waals surface area (Å²) >= 11 is 0. The summed E-state index contributed by atoms with van der Waals surface area (Å²) in [5.41, 5.74) is 1.65. The predicted molar refractivity (Wildman–Crippen MR) is 133 cm³/mol. The predicted octanol–water partition coefficient (Wildman–Crippen LogP) is 6.24. The van der Waals surface area contributed by atoms with Crippen LogP contribution in [-0.2, 0) is 15.8 Å². The number of fused-ring (bicyclic) bond motifs is 4. The van der Waals surface area contributed by atoms with E-state index in [0.29, 0.717) is 11.5 Å². The summed E-state index contributed by atoms with van der Waals surface area (Å²) in [5.74, 6) is 2.11. The van der Waals surface area contributed by atoms with Crippen molar-refractivity contribution in [3.05, 3.63) is 47.5 Å². The van der Waals surface area contributed by atoms with E-state index in [1.54, 1.807) is 21.1 Å². The van der Waals surface area contributed by atoms with Crippen LogP contribution in [0.15, 0.2) is 36.4 Å². The van der Waals surface area contributed by atoms with Gasteiger partial charge in [0.15, 0.2) is 6.10 Å². The minimum Gasteiger partial charge on any atom is -0.497 e. The zero-order valence-electron chi connectivity index (χ0n) is 21.0. The molecule has 1 spiro atoms. The first-order valence-electron chi connectivity index (χ1n) is 12.9. The standard InChI is InChI=1S/C29H36O6/c1-19(27(30)31)34-24-17-20(32-2)11-13-23(24)29-16-8-5-9-26(29)28(14-6-4-7-15-28)22-12-10-21(33-3)18-25(22)35-29/h10-13,17-19,26H,4-9,14-16H2,1-3H3,(H,30,31)/t19-,26-,29+/m1/s1. The van der Waals surface area contributed by atoms with Crippen molar-refractivity contribution >= 4 is 5.97 Å². The number of hydrogen-bond acceptors (Lipinski definition) is 5. The minimum atomic E-state index is -1.00. The molecule has 0 saturated heterocycles. The molecule has 2 aromatic rings. The van der Waals surface area contributed by atoms with E-state index in [2.05, 4.69) is 12.1 Å². The first-order chi connectivity index (χ1) is 16.9. The van der Waals surface area contributed by atoms with E-state index in [4.69, 9.17) is 18.9 Å². The van der Waals surface area contributed by atoms with Crippen molar-refractivity contribution in [3.8, 4) is 23.0 Å². The van der Waals surface area contributed by atoms with E-state index in [1.807, 2.05) is 24.3 Å². The molecule has 3 aliphatic rings. The van der Waals surface area contributed by atoms with Crippen LogP contribution in [0.5, 0.6) is 23.0 Å². The number of aliphatic carboxylic acids is 1. The highest BCUT2D eigenvalue weighted by atomic mass is 16.5. The average molecular weight is 481 g/mol. The van der Waals surface area contributed by atoms with Crippen LogP contribution in [0.1, 0.15) is 75.8 Å². The molecule has 35 heavy (non-hydrogen) atoms. The molecular weight excluding hydrogens is 444 g/mol. The van der Waals surface area contributed by atoms with Crippen LogP contribution < -0.4 is 18.9 Å². The molecule has 0 bridgehead atoms. The first-order valence-corrected chi connectivity index (χ1v) is 12.9. The van der Waals surface area contributed by atoms with Gasteiger partial charge in [0, 0.05) is 34.6 Å². The molecule has 0 unspecified atom stereocenters. The van der Waals surface area contributed by atoms with Crippen LogP contribution in [0.25, 0.3) is 0 Å². The van der Waals surface area contributed by atoms with Gasteiger partial charge in [-0.3, -0.25) is 0 Å². The number of benzene rings is 2. The van der Waals surface area contributed by atoms with Crippen molar-refractivity contribution in [3.63, 3.8) is 0 Å². The number of carbonyl (C=O) groups is 1. The fourth-order valence-corrected chi connectivity index (χ4v) is 6.99. The van der Waals surface area contributed by atoms with Crippen molar-refractivity contribution in [2.24, 2.45) is 5.92 Å². The highest BCUT2D eigenvalue weighted by Crippen LogP contribution is 2.64. The molecule has 0 aromatic heterocycles. The highest BCUT2D eigenvalue weighted by Gasteiger charge is 2.60. The molecule has 2 aliphatic carbocycles. The molecule has 6 heteroatoms. The lowest BCUT2D eigenvalue weighted by atomic mass is 9.51. The zero-order valence-corrected chi connectivity index (χ0v) is 21.0. The van der Waals surface area contributed by atoms with Crippen LogP contribution in [0.2, 0.25) is 0 Å². The van der Waals surface area contributed by atoms with Gasteiger partial charge in [0.25, 0.3) is 0 Å². The Morgan fingerprint density at radius 1 is 0.943 bits per heavy atom. The Bertz CT molecular complexity index is 1090. The van der Waals surface area contributed by atoms with E-state index in [0.717, 1.165) is 49.2 Å². The molecule has 5 rings (SSSR count). The van der Waals surface area contributed by atoms with E-state index >= 15 is 0 Å². The molecule has 0 amide bonds. The fraction of sp³-hybridized carbons (Fsp3) is 0.552. The van der Waals surface area contributed by atoms with Gasteiger partial charge in [0.05, 0.1) is 14.2 Å². The second kappa shape index (κ2) is 9.29. The lowest BCUT2D eigenvalue weighted by Crippen LogP contribution is -2.57. The molecular formula is C29H36O6. The molecule has 2 saturated carbocycles. The van der Waals surface area contributed by atoms with Crippen LogP contribution in [-0.4, -0.2) is 31.4 Å². The summed E-state index contributed by atoms with van der Waals surface area (Å²) in [6, 6.07) is 12.1. The normalized spacial score (nSPS) is 25.5. The SMILES string of the molecule is COc1ccc2c(c1)O[C@]1(c3ccc(OC)cc3O[C@H](C)C(=O)O)CCCC[C@@H]1C21CCCCC1. The number of hydrogen-bond donors (Lipinski definition) is 1. The van der Waals surface area contributed by atoms with Gasteiger partial charge >= 0.3 is 5.97 Å². The molecule has 2 fully saturated rings. The van der Waals surface area contributed by atoms with E-state index < -0.39 is 17.7 Å². The topological polar surface area (TPSA) is 74.2 Å². The molecule has 0 radical (unpaired) electrons.